The highest BCUT2D eigenvalue weighted by Crippen LogP contribution is 2.62. The van der Waals surface area contributed by atoms with Crippen molar-refractivity contribution in [1.29, 1.82) is 0 Å². The number of nitrogens with zero attached hydrogens (tertiary/aromatic N) is 1. The fourth-order valence-corrected chi connectivity index (χ4v) is 8.11. The van der Waals surface area contributed by atoms with Crippen molar-refractivity contribution in [2.45, 2.75) is 32.4 Å². The van der Waals surface area contributed by atoms with E-state index in [0.29, 0.717) is 11.4 Å². The first-order chi connectivity index (χ1) is 6.71. The van der Waals surface area contributed by atoms with E-state index in [0.717, 1.165) is 5.08 Å². The van der Waals surface area contributed by atoms with Gasteiger partial charge in [0.15, 0.2) is 5.62 Å². The van der Waals surface area contributed by atoms with Gasteiger partial charge in [0.2, 0.25) is 0 Å². The molecule has 1 atom stereocenters. The maximum absolute atomic E-state index is 5.71. The fourth-order valence-electron chi connectivity index (χ4n) is 0.701. The second-order valence-corrected chi connectivity index (χ2v) is 13.4. The summed E-state index contributed by atoms with van der Waals surface area (Å²) in [4.78, 5) is 0. The highest BCUT2D eigenvalue weighted by atomic mass is 32.9. The number of rotatable bonds is 6. The van der Waals surface area contributed by atoms with Crippen LogP contribution in [-0.2, 0) is 16.3 Å². The third-order valence-corrected chi connectivity index (χ3v) is 10.6. The molecule has 15 heavy (non-hydrogen) atoms. The van der Waals surface area contributed by atoms with Gasteiger partial charge in [-0.1, -0.05) is 32.2 Å². The molecular weight excluding hydrogens is 265 g/mol. The van der Waals surface area contributed by atoms with E-state index in [9.17, 15) is 0 Å². The van der Waals surface area contributed by atoms with Crippen LogP contribution in [0.1, 0.15) is 27.7 Å². The van der Waals surface area contributed by atoms with Crippen LogP contribution in [0.3, 0.4) is 0 Å². The van der Waals surface area contributed by atoms with E-state index in [2.05, 4.69) is 25.4 Å². The third kappa shape index (κ3) is 7.24. The molecule has 0 spiro atoms. The van der Waals surface area contributed by atoms with E-state index in [1.54, 1.807) is 11.4 Å². The molecule has 0 saturated heterocycles. The quantitative estimate of drug-likeness (QED) is 0.538. The average molecular weight is 287 g/mol. The van der Waals surface area contributed by atoms with Crippen molar-refractivity contribution in [3.05, 3.63) is 0 Å². The minimum absolute atomic E-state index is 0.297. The van der Waals surface area contributed by atoms with Crippen molar-refractivity contribution in [2.24, 2.45) is 0 Å². The predicted octanol–water partition coefficient (Wildman–Crippen LogP) is 4.03. The normalized spacial score (nSPS) is 16.7. The maximum atomic E-state index is 5.71. The molecule has 0 aliphatic carbocycles. The van der Waals surface area contributed by atoms with Crippen LogP contribution in [0.4, 0.5) is 0 Å². The lowest BCUT2D eigenvalue weighted by atomic mass is 10.3. The zero-order valence-corrected chi connectivity index (χ0v) is 13.8. The Morgan fingerprint density at radius 3 is 2.20 bits per heavy atom. The van der Waals surface area contributed by atoms with Gasteiger partial charge in [0.1, 0.15) is 0 Å². The van der Waals surface area contributed by atoms with E-state index in [-0.39, 0.29) is 0 Å². The summed E-state index contributed by atoms with van der Waals surface area (Å²) in [7, 11) is 4.01. The Morgan fingerprint density at radius 2 is 1.87 bits per heavy atom. The summed E-state index contributed by atoms with van der Waals surface area (Å²) in [5.41, 5.74) is -1.81. The molecular formula is C9H22NOPS3. The third-order valence-electron chi connectivity index (χ3n) is 1.49. The van der Waals surface area contributed by atoms with Gasteiger partial charge in [-0.25, -0.2) is 0 Å². The van der Waals surface area contributed by atoms with Gasteiger partial charge in [-0.15, -0.1) is 11.8 Å². The Bertz CT molecular complexity index is 228. The molecule has 92 valence electrons. The summed E-state index contributed by atoms with van der Waals surface area (Å²) in [6.07, 6.45) is 0. The van der Waals surface area contributed by atoms with Crippen LogP contribution in [0.15, 0.2) is 0 Å². The molecule has 0 radical (unpaired) electrons. The van der Waals surface area contributed by atoms with Crippen LogP contribution < -0.4 is 0 Å². The lowest BCUT2D eigenvalue weighted by Gasteiger charge is -2.28. The average Bonchev–Trinajstić information content (AvgIpc) is 2.01. The summed E-state index contributed by atoms with van der Waals surface area (Å²) < 4.78 is 8.06. The topological polar surface area (TPSA) is 12.5 Å². The minimum Gasteiger partial charge on any atom is -0.331 e. The first-order valence-corrected chi connectivity index (χ1v) is 10.2. The monoisotopic (exact) mass is 287 g/mol. The summed E-state index contributed by atoms with van der Waals surface area (Å²) in [6.45, 7) is 9.36. The highest BCUT2D eigenvalue weighted by Gasteiger charge is 2.22. The molecule has 0 bridgehead atoms. The zero-order valence-electron chi connectivity index (χ0n) is 10.4. The van der Waals surface area contributed by atoms with Crippen molar-refractivity contribution >= 4 is 40.6 Å². The van der Waals surface area contributed by atoms with Crippen LogP contribution >= 0.6 is 28.8 Å². The smallest absolute Gasteiger partial charge is 0.188 e. The van der Waals surface area contributed by atoms with Crippen LogP contribution in [0, 0.1) is 0 Å². The first-order valence-electron chi connectivity index (χ1n) is 4.92. The highest BCUT2D eigenvalue weighted by molar-refractivity contribution is 8.70. The van der Waals surface area contributed by atoms with Crippen molar-refractivity contribution < 1.29 is 4.52 Å². The van der Waals surface area contributed by atoms with Gasteiger partial charge in [-0.2, -0.15) is 0 Å². The Balaban J connectivity index is 4.15. The largest absolute Gasteiger partial charge is 0.331 e. The van der Waals surface area contributed by atoms with Crippen LogP contribution in [0.5, 0.6) is 0 Å². The first kappa shape index (κ1) is 16.3. The van der Waals surface area contributed by atoms with Crippen molar-refractivity contribution in [2.75, 3.05) is 25.8 Å². The van der Waals surface area contributed by atoms with E-state index >= 15 is 0 Å². The molecule has 0 aromatic carbocycles. The summed E-state index contributed by atoms with van der Waals surface area (Å²) in [6, 6.07) is 0. The number of hydrogen-bond donors (Lipinski definition) is 0. The number of hydrogen-bond acceptors (Lipinski definition) is 4. The molecule has 0 aliphatic rings. The molecule has 2 nitrogen and oxygen atoms in total. The number of thioether (sulfide) groups is 1. The van der Waals surface area contributed by atoms with E-state index < -0.39 is 5.62 Å². The van der Waals surface area contributed by atoms with Gasteiger partial charge in [0.05, 0.1) is 6.61 Å². The Labute approximate surface area is 108 Å². The second-order valence-electron chi connectivity index (χ2n) is 4.24. The van der Waals surface area contributed by atoms with Gasteiger partial charge >= 0.3 is 0 Å². The van der Waals surface area contributed by atoms with Crippen LogP contribution in [0.2, 0.25) is 0 Å². The standard InChI is InChI=1S/C9H22NOPS3/c1-7-11-12(13,10(5)6)15-8-14-9(2,3)4/h7-8H2,1-6H3. The van der Waals surface area contributed by atoms with Gasteiger partial charge in [-0.3, -0.25) is 4.67 Å². The fraction of sp³-hybridized carbons (Fsp3) is 1.00. The van der Waals surface area contributed by atoms with Gasteiger partial charge < -0.3 is 4.52 Å². The molecule has 0 amide bonds. The lowest BCUT2D eigenvalue weighted by molar-refractivity contribution is 0.359. The van der Waals surface area contributed by atoms with Gasteiger partial charge in [0.25, 0.3) is 0 Å². The predicted molar refractivity (Wildman–Crippen MR) is 79.4 cm³/mol. The minimum atomic E-state index is -1.81. The van der Waals surface area contributed by atoms with E-state index in [1.165, 1.54) is 0 Å². The molecule has 0 fully saturated rings. The molecule has 0 rings (SSSR count). The van der Waals surface area contributed by atoms with Gasteiger partial charge in [0, 0.05) is 9.83 Å². The molecule has 1 unspecified atom stereocenters. The molecule has 0 N–H and O–H groups in total. The van der Waals surface area contributed by atoms with Crippen molar-refractivity contribution in [1.82, 2.24) is 4.67 Å². The molecule has 0 aromatic heterocycles. The van der Waals surface area contributed by atoms with Crippen molar-refractivity contribution in [3.8, 4) is 0 Å². The lowest BCUT2D eigenvalue weighted by Crippen LogP contribution is -2.10. The molecule has 0 aliphatic heterocycles. The molecule has 0 saturated carbocycles. The van der Waals surface area contributed by atoms with Gasteiger partial charge in [-0.05, 0) is 32.8 Å². The summed E-state index contributed by atoms with van der Waals surface area (Å²) in [5, 5.41) is 0.999. The SMILES string of the molecule is CCOP(=S)(SCSC(C)(C)C)N(C)C. The van der Waals surface area contributed by atoms with E-state index in [4.69, 9.17) is 16.3 Å². The molecule has 0 heterocycles. The van der Waals surface area contributed by atoms with Crippen LogP contribution in [-0.4, -0.2) is 35.2 Å². The molecule has 6 heteroatoms. The maximum Gasteiger partial charge on any atom is 0.188 e. The van der Waals surface area contributed by atoms with E-state index in [1.807, 2.05) is 32.8 Å². The summed E-state index contributed by atoms with van der Waals surface area (Å²) in [5.74, 6) is 0. The Hall–Kier alpha value is 1.27. The zero-order chi connectivity index (χ0) is 12.1. The Kier molecular flexibility index (Phi) is 7.46. The Morgan fingerprint density at radius 1 is 1.33 bits per heavy atom. The molecule has 0 aromatic rings. The van der Waals surface area contributed by atoms with Crippen molar-refractivity contribution in [3.63, 3.8) is 0 Å². The summed E-state index contributed by atoms with van der Waals surface area (Å²) >= 11 is 9.27. The second kappa shape index (κ2) is 6.87. The van der Waals surface area contributed by atoms with Crippen LogP contribution in [0.25, 0.3) is 0 Å².